The highest BCUT2D eigenvalue weighted by Crippen LogP contribution is 2.28. The molecule has 6 heteroatoms. The topological polar surface area (TPSA) is 45.9 Å². The van der Waals surface area contributed by atoms with Crippen molar-refractivity contribution < 1.29 is 13.5 Å². The number of hydrogen-bond donors (Lipinski definition) is 0. The average molecular weight is 277 g/mol. The van der Waals surface area contributed by atoms with Crippen molar-refractivity contribution in [3.8, 4) is 11.8 Å². The summed E-state index contributed by atoms with van der Waals surface area (Å²) >= 11 is 3.10. The number of aromatic nitrogens is 1. The number of nitriles is 1. The third-order valence-electron chi connectivity index (χ3n) is 1.74. The zero-order chi connectivity index (χ0) is 11.4. The summed E-state index contributed by atoms with van der Waals surface area (Å²) in [6.07, 6.45) is -2.69. The van der Waals surface area contributed by atoms with E-state index in [1.165, 1.54) is 7.11 Å². The lowest BCUT2D eigenvalue weighted by molar-refractivity contribution is 0.145. The highest BCUT2D eigenvalue weighted by molar-refractivity contribution is 9.08. The van der Waals surface area contributed by atoms with Crippen LogP contribution in [0.25, 0.3) is 0 Å². The molecular formula is C9H7BrF2N2O. The van der Waals surface area contributed by atoms with Crippen LogP contribution in [0.3, 0.4) is 0 Å². The van der Waals surface area contributed by atoms with Crippen LogP contribution in [-0.4, -0.2) is 12.1 Å². The van der Waals surface area contributed by atoms with Crippen LogP contribution in [-0.2, 0) is 5.33 Å². The van der Waals surface area contributed by atoms with E-state index in [2.05, 4.69) is 20.9 Å². The van der Waals surface area contributed by atoms with Crippen LogP contribution in [0.2, 0.25) is 0 Å². The molecule has 0 amide bonds. The predicted octanol–water partition coefficient (Wildman–Crippen LogP) is 2.79. The number of hydrogen-bond acceptors (Lipinski definition) is 3. The summed E-state index contributed by atoms with van der Waals surface area (Å²) in [5.74, 6) is 0.235. The standard InChI is InChI=1S/C9H7BrF2N2O/c1-15-8-5(4-13)2-6(9(11)12)14-7(8)3-10/h2,9H,3H2,1H3. The molecule has 3 nitrogen and oxygen atoms in total. The smallest absolute Gasteiger partial charge is 0.280 e. The zero-order valence-corrected chi connectivity index (χ0v) is 9.38. The van der Waals surface area contributed by atoms with Gasteiger partial charge in [-0.15, -0.1) is 0 Å². The third kappa shape index (κ3) is 2.42. The van der Waals surface area contributed by atoms with Crippen LogP contribution in [0.1, 0.15) is 23.4 Å². The van der Waals surface area contributed by atoms with Gasteiger partial charge >= 0.3 is 0 Å². The van der Waals surface area contributed by atoms with Gasteiger partial charge in [-0.1, -0.05) is 15.9 Å². The fourth-order valence-corrected chi connectivity index (χ4v) is 1.50. The summed E-state index contributed by atoms with van der Waals surface area (Å²) in [5.41, 5.74) is -0.0501. The first-order valence-electron chi connectivity index (χ1n) is 3.96. The van der Waals surface area contributed by atoms with Crippen molar-refractivity contribution in [2.45, 2.75) is 11.8 Å². The molecule has 0 unspecified atom stereocenters. The van der Waals surface area contributed by atoms with E-state index in [1.54, 1.807) is 6.07 Å². The molecule has 0 aromatic carbocycles. The van der Waals surface area contributed by atoms with Gasteiger partial charge in [0.15, 0.2) is 5.75 Å². The molecule has 1 rings (SSSR count). The number of nitrogens with zero attached hydrogens (tertiary/aromatic N) is 2. The van der Waals surface area contributed by atoms with E-state index in [4.69, 9.17) is 10.00 Å². The molecule has 0 spiro atoms. The van der Waals surface area contributed by atoms with Gasteiger partial charge < -0.3 is 4.74 Å². The van der Waals surface area contributed by atoms with Crippen LogP contribution in [0.5, 0.6) is 5.75 Å². The Labute approximate surface area is 93.8 Å². The van der Waals surface area contributed by atoms with E-state index in [9.17, 15) is 8.78 Å². The molecule has 0 fully saturated rings. The second-order valence-corrected chi connectivity index (χ2v) is 3.18. The molecule has 0 saturated heterocycles. The van der Waals surface area contributed by atoms with Crippen molar-refractivity contribution in [2.24, 2.45) is 0 Å². The normalized spacial score (nSPS) is 10.1. The molecule has 0 atom stereocenters. The van der Waals surface area contributed by atoms with Crippen molar-refractivity contribution in [1.82, 2.24) is 4.98 Å². The van der Waals surface area contributed by atoms with E-state index in [1.807, 2.05) is 0 Å². The molecule has 1 aromatic rings. The van der Waals surface area contributed by atoms with Crippen LogP contribution < -0.4 is 4.74 Å². The Morgan fingerprint density at radius 1 is 1.67 bits per heavy atom. The Morgan fingerprint density at radius 2 is 2.33 bits per heavy atom. The quantitative estimate of drug-likeness (QED) is 0.798. The Bertz CT molecular complexity index is 404. The first-order valence-corrected chi connectivity index (χ1v) is 5.08. The number of alkyl halides is 3. The second kappa shape index (κ2) is 5.03. The van der Waals surface area contributed by atoms with Crippen molar-refractivity contribution >= 4 is 15.9 Å². The van der Waals surface area contributed by atoms with E-state index < -0.39 is 12.1 Å². The maximum absolute atomic E-state index is 12.4. The van der Waals surface area contributed by atoms with Gasteiger partial charge in [-0.3, -0.25) is 0 Å². The Morgan fingerprint density at radius 3 is 2.73 bits per heavy atom. The lowest BCUT2D eigenvalue weighted by Crippen LogP contribution is -2.01. The molecule has 0 saturated carbocycles. The van der Waals surface area contributed by atoms with Gasteiger partial charge in [-0.25, -0.2) is 13.8 Å². The highest BCUT2D eigenvalue weighted by Gasteiger charge is 2.17. The zero-order valence-electron chi connectivity index (χ0n) is 7.80. The number of methoxy groups -OCH3 is 1. The van der Waals surface area contributed by atoms with Crippen LogP contribution in [0, 0.1) is 11.3 Å². The average Bonchev–Trinajstić information content (AvgIpc) is 2.26. The molecule has 0 aliphatic rings. The maximum Gasteiger partial charge on any atom is 0.280 e. The predicted molar refractivity (Wildman–Crippen MR) is 53.1 cm³/mol. The van der Waals surface area contributed by atoms with Crippen molar-refractivity contribution in [3.05, 3.63) is 23.0 Å². The fourth-order valence-electron chi connectivity index (χ4n) is 1.12. The number of pyridine rings is 1. The van der Waals surface area contributed by atoms with Crippen LogP contribution in [0.4, 0.5) is 8.78 Å². The number of ether oxygens (including phenoxy) is 1. The van der Waals surface area contributed by atoms with Gasteiger partial charge in [0.05, 0.1) is 18.4 Å². The van der Waals surface area contributed by atoms with E-state index in [0.717, 1.165) is 6.07 Å². The molecule has 0 aliphatic carbocycles. The summed E-state index contributed by atoms with van der Waals surface area (Å²) in [7, 11) is 1.37. The van der Waals surface area contributed by atoms with Crippen molar-refractivity contribution in [1.29, 1.82) is 5.26 Å². The van der Waals surface area contributed by atoms with Gasteiger partial charge in [0.25, 0.3) is 6.43 Å². The van der Waals surface area contributed by atoms with Gasteiger partial charge in [0.2, 0.25) is 0 Å². The van der Waals surface area contributed by atoms with Gasteiger partial charge in [0, 0.05) is 5.33 Å². The van der Waals surface area contributed by atoms with E-state index >= 15 is 0 Å². The molecule has 0 radical (unpaired) electrons. The summed E-state index contributed by atoms with van der Waals surface area (Å²) in [6.45, 7) is 0. The van der Waals surface area contributed by atoms with Crippen LogP contribution >= 0.6 is 15.9 Å². The van der Waals surface area contributed by atoms with Crippen molar-refractivity contribution in [3.63, 3.8) is 0 Å². The molecule has 0 bridgehead atoms. The van der Waals surface area contributed by atoms with Crippen molar-refractivity contribution in [2.75, 3.05) is 7.11 Å². The monoisotopic (exact) mass is 276 g/mol. The summed E-state index contributed by atoms with van der Waals surface area (Å²) in [4.78, 5) is 3.70. The van der Waals surface area contributed by atoms with E-state index in [0.29, 0.717) is 5.69 Å². The Balaban J connectivity index is 3.37. The van der Waals surface area contributed by atoms with Gasteiger partial charge in [-0.05, 0) is 6.07 Å². The minimum atomic E-state index is -2.69. The highest BCUT2D eigenvalue weighted by atomic mass is 79.9. The Hall–Kier alpha value is -1.22. The largest absolute Gasteiger partial charge is 0.493 e. The fraction of sp³-hybridized carbons (Fsp3) is 0.333. The lowest BCUT2D eigenvalue weighted by atomic mass is 10.2. The first-order chi connectivity index (χ1) is 7.13. The van der Waals surface area contributed by atoms with Gasteiger partial charge in [0.1, 0.15) is 11.8 Å². The van der Waals surface area contributed by atoms with Crippen LogP contribution in [0.15, 0.2) is 6.07 Å². The summed E-state index contributed by atoms with van der Waals surface area (Å²) < 4.78 is 29.7. The minimum absolute atomic E-state index is 0.0669. The third-order valence-corrected chi connectivity index (χ3v) is 2.27. The van der Waals surface area contributed by atoms with E-state index in [-0.39, 0.29) is 16.6 Å². The first kappa shape index (κ1) is 11.9. The number of halogens is 3. The molecule has 15 heavy (non-hydrogen) atoms. The molecule has 1 heterocycles. The molecule has 0 N–H and O–H groups in total. The summed E-state index contributed by atoms with van der Waals surface area (Å²) in [6, 6.07) is 2.83. The molecule has 1 aromatic heterocycles. The second-order valence-electron chi connectivity index (χ2n) is 2.62. The summed E-state index contributed by atoms with van der Waals surface area (Å²) in [5, 5.41) is 9.01. The molecular weight excluding hydrogens is 270 g/mol. The Kier molecular flexibility index (Phi) is 3.97. The lowest BCUT2D eigenvalue weighted by Gasteiger charge is -2.09. The number of rotatable bonds is 3. The maximum atomic E-state index is 12.4. The minimum Gasteiger partial charge on any atom is -0.493 e. The van der Waals surface area contributed by atoms with Gasteiger partial charge in [-0.2, -0.15) is 5.26 Å². The SMILES string of the molecule is COc1c(C#N)cc(C(F)F)nc1CBr. The molecule has 0 aliphatic heterocycles. The molecule has 80 valence electrons.